The average Bonchev–Trinajstić information content (AvgIpc) is 2.57. The van der Waals surface area contributed by atoms with E-state index in [9.17, 15) is 8.78 Å². The van der Waals surface area contributed by atoms with Crippen molar-refractivity contribution in [3.8, 4) is 5.75 Å². The zero-order valence-corrected chi connectivity index (χ0v) is 9.37. The van der Waals surface area contributed by atoms with Gasteiger partial charge in [0.2, 0.25) is 0 Å². The molecule has 2 nitrogen and oxygen atoms in total. The SMILES string of the molecule is COc1ccc2sc(SC(F)F)nc2c1. The van der Waals surface area contributed by atoms with E-state index in [1.165, 1.54) is 11.3 Å². The smallest absolute Gasteiger partial charge is 0.291 e. The van der Waals surface area contributed by atoms with Crippen LogP contribution in [0.3, 0.4) is 0 Å². The van der Waals surface area contributed by atoms with Crippen molar-refractivity contribution < 1.29 is 13.5 Å². The number of benzene rings is 1. The van der Waals surface area contributed by atoms with Crippen LogP contribution >= 0.6 is 23.1 Å². The summed E-state index contributed by atoms with van der Waals surface area (Å²) in [6, 6.07) is 5.35. The predicted octanol–water partition coefficient (Wildman–Crippen LogP) is 3.62. The van der Waals surface area contributed by atoms with Crippen molar-refractivity contribution in [2.75, 3.05) is 7.11 Å². The average molecular weight is 247 g/mol. The first-order chi connectivity index (χ1) is 7.19. The van der Waals surface area contributed by atoms with E-state index in [0.29, 0.717) is 27.4 Å². The van der Waals surface area contributed by atoms with Crippen LogP contribution in [0.2, 0.25) is 0 Å². The summed E-state index contributed by atoms with van der Waals surface area (Å²) in [5.74, 6) is -1.74. The van der Waals surface area contributed by atoms with E-state index in [1.807, 2.05) is 6.07 Å². The Morgan fingerprint density at radius 3 is 2.93 bits per heavy atom. The maximum absolute atomic E-state index is 12.1. The summed E-state index contributed by atoms with van der Waals surface area (Å²) >= 11 is 1.73. The molecule has 0 aliphatic rings. The van der Waals surface area contributed by atoms with Crippen molar-refractivity contribution in [2.24, 2.45) is 0 Å². The molecule has 0 unspecified atom stereocenters. The largest absolute Gasteiger partial charge is 0.497 e. The molecule has 0 spiro atoms. The van der Waals surface area contributed by atoms with Crippen LogP contribution in [0.25, 0.3) is 10.2 Å². The number of ether oxygens (including phenoxy) is 1. The molecule has 80 valence electrons. The number of thioether (sulfide) groups is 1. The number of rotatable bonds is 3. The third kappa shape index (κ3) is 2.38. The molecule has 0 N–H and O–H groups in total. The van der Waals surface area contributed by atoms with Gasteiger partial charge in [-0.15, -0.1) is 11.3 Å². The molecule has 0 saturated carbocycles. The number of alkyl halides is 2. The molecule has 0 atom stereocenters. The summed E-state index contributed by atoms with van der Waals surface area (Å²) in [6.45, 7) is 0. The molecule has 0 saturated heterocycles. The van der Waals surface area contributed by atoms with Gasteiger partial charge in [-0.1, -0.05) is 0 Å². The molecular formula is C9H7F2NOS2. The molecular weight excluding hydrogens is 240 g/mol. The van der Waals surface area contributed by atoms with E-state index in [0.717, 1.165) is 4.70 Å². The Morgan fingerprint density at radius 2 is 2.27 bits per heavy atom. The lowest BCUT2D eigenvalue weighted by Crippen LogP contribution is -1.81. The number of nitrogens with zero attached hydrogens (tertiary/aromatic N) is 1. The van der Waals surface area contributed by atoms with Gasteiger partial charge < -0.3 is 4.74 Å². The lowest BCUT2D eigenvalue weighted by atomic mass is 10.3. The van der Waals surface area contributed by atoms with Crippen LogP contribution in [0.5, 0.6) is 5.75 Å². The number of aromatic nitrogens is 1. The Balaban J connectivity index is 2.37. The zero-order chi connectivity index (χ0) is 10.8. The minimum Gasteiger partial charge on any atom is -0.497 e. The highest BCUT2D eigenvalue weighted by Gasteiger charge is 2.10. The van der Waals surface area contributed by atoms with Gasteiger partial charge in [-0.05, 0) is 23.9 Å². The third-order valence-corrected chi connectivity index (χ3v) is 3.61. The number of thiazole rings is 1. The Hall–Kier alpha value is -0.880. The van der Waals surface area contributed by atoms with Crippen molar-refractivity contribution >= 4 is 33.3 Å². The highest BCUT2D eigenvalue weighted by Crippen LogP contribution is 2.34. The Kier molecular flexibility index (Phi) is 3.06. The van der Waals surface area contributed by atoms with E-state index in [2.05, 4.69) is 4.98 Å². The number of methoxy groups -OCH3 is 1. The van der Waals surface area contributed by atoms with Crippen LogP contribution in [0, 0.1) is 0 Å². The van der Waals surface area contributed by atoms with Crippen LogP contribution < -0.4 is 4.74 Å². The number of halogens is 2. The van der Waals surface area contributed by atoms with Crippen molar-refractivity contribution in [2.45, 2.75) is 10.1 Å². The summed E-state index contributed by atoms with van der Waals surface area (Å²) in [5, 5.41) is 0. The van der Waals surface area contributed by atoms with E-state index in [1.54, 1.807) is 19.2 Å². The van der Waals surface area contributed by atoms with E-state index in [4.69, 9.17) is 4.74 Å². The highest BCUT2D eigenvalue weighted by molar-refractivity contribution is 8.01. The molecule has 1 heterocycles. The molecule has 0 aliphatic carbocycles. The minimum atomic E-state index is -2.42. The molecule has 2 rings (SSSR count). The second-order valence-electron chi connectivity index (χ2n) is 2.69. The minimum absolute atomic E-state index is 0.383. The number of hydrogen-bond acceptors (Lipinski definition) is 4. The maximum Gasteiger partial charge on any atom is 0.291 e. The fourth-order valence-corrected chi connectivity index (χ4v) is 2.80. The monoisotopic (exact) mass is 247 g/mol. The normalized spacial score (nSPS) is 11.2. The molecule has 1 aromatic heterocycles. The molecule has 0 fully saturated rings. The summed E-state index contributed by atoms with van der Waals surface area (Å²) in [4.78, 5) is 4.08. The maximum atomic E-state index is 12.1. The molecule has 0 bridgehead atoms. The fourth-order valence-electron chi connectivity index (χ4n) is 1.14. The van der Waals surface area contributed by atoms with Gasteiger partial charge in [-0.3, -0.25) is 0 Å². The van der Waals surface area contributed by atoms with Gasteiger partial charge >= 0.3 is 0 Å². The van der Waals surface area contributed by atoms with Crippen LogP contribution in [0.1, 0.15) is 0 Å². The summed E-state index contributed by atoms with van der Waals surface area (Å²) in [7, 11) is 1.56. The van der Waals surface area contributed by atoms with E-state index in [-0.39, 0.29) is 0 Å². The Labute approximate surface area is 93.3 Å². The summed E-state index contributed by atoms with van der Waals surface area (Å²) in [5.41, 5.74) is 0.697. The lowest BCUT2D eigenvalue weighted by molar-refractivity contribution is 0.252. The van der Waals surface area contributed by atoms with Crippen LogP contribution in [-0.2, 0) is 0 Å². The summed E-state index contributed by atoms with van der Waals surface area (Å²) < 4.78 is 30.5. The molecule has 6 heteroatoms. The second-order valence-corrected chi connectivity index (χ2v) is 4.96. The van der Waals surface area contributed by atoms with Crippen LogP contribution in [-0.4, -0.2) is 17.9 Å². The van der Waals surface area contributed by atoms with Gasteiger partial charge in [0, 0.05) is 6.07 Å². The van der Waals surface area contributed by atoms with Gasteiger partial charge in [-0.2, -0.15) is 8.78 Å². The molecule has 2 aromatic rings. The Bertz CT molecular complexity index is 472. The molecule has 15 heavy (non-hydrogen) atoms. The van der Waals surface area contributed by atoms with Crippen LogP contribution in [0.15, 0.2) is 22.5 Å². The van der Waals surface area contributed by atoms with Gasteiger partial charge in [0.25, 0.3) is 5.76 Å². The lowest BCUT2D eigenvalue weighted by Gasteiger charge is -1.96. The van der Waals surface area contributed by atoms with E-state index < -0.39 is 5.76 Å². The zero-order valence-electron chi connectivity index (χ0n) is 7.74. The Morgan fingerprint density at radius 1 is 1.47 bits per heavy atom. The van der Waals surface area contributed by atoms with Gasteiger partial charge in [0.05, 0.1) is 17.3 Å². The topological polar surface area (TPSA) is 22.1 Å². The van der Waals surface area contributed by atoms with Gasteiger partial charge in [-0.25, -0.2) is 4.98 Å². The molecule has 0 radical (unpaired) electrons. The standard InChI is InChI=1S/C9H7F2NOS2/c1-13-5-2-3-7-6(4-5)12-9(14-7)15-8(10)11/h2-4,8H,1H3. The highest BCUT2D eigenvalue weighted by atomic mass is 32.2. The van der Waals surface area contributed by atoms with Crippen molar-refractivity contribution in [3.63, 3.8) is 0 Å². The quantitative estimate of drug-likeness (QED) is 0.773. The van der Waals surface area contributed by atoms with Crippen LogP contribution in [0.4, 0.5) is 8.78 Å². The molecule has 0 aliphatic heterocycles. The summed E-state index contributed by atoms with van der Waals surface area (Å²) in [6.07, 6.45) is 0. The van der Waals surface area contributed by atoms with E-state index >= 15 is 0 Å². The van der Waals surface area contributed by atoms with Crippen molar-refractivity contribution in [3.05, 3.63) is 18.2 Å². The second kappa shape index (κ2) is 4.32. The van der Waals surface area contributed by atoms with Crippen molar-refractivity contribution in [1.82, 2.24) is 4.98 Å². The molecule has 0 amide bonds. The third-order valence-electron chi connectivity index (χ3n) is 1.77. The van der Waals surface area contributed by atoms with Gasteiger partial charge in [0.1, 0.15) is 5.75 Å². The first kappa shape index (κ1) is 10.6. The first-order valence-corrected chi connectivity index (χ1v) is 5.78. The number of fused-ring (bicyclic) bond motifs is 1. The first-order valence-electron chi connectivity index (χ1n) is 4.08. The number of hydrogen-bond donors (Lipinski definition) is 0. The van der Waals surface area contributed by atoms with Crippen molar-refractivity contribution in [1.29, 1.82) is 0 Å². The fraction of sp³-hybridized carbons (Fsp3) is 0.222. The predicted molar refractivity (Wildman–Crippen MR) is 58.0 cm³/mol. The van der Waals surface area contributed by atoms with Gasteiger partial charge in [0.15, 0.2) is 4.34 Å². The molecule has 1 aromatic carbocycles.